The van der Waals surface area contributed by atoms with E-state index in [2.05, 4.69) is 39.7 Å². The molecule has 0 bridgehead atoms. The SMILES string of the molecule is COc1ccc(-c2nc(CSc3nnnn3C(C)C)cs2)cc1. The molecule has 0 saturated heterocycles. The maximum atomic E-state index is 5.18. The Morgan fingerprint density at radius 3 is 2.74 bits per heavy atom. The van der Waals surface area contributed by atoms with Gasteiger partial charge in [-0.1, -0.05) is 11.8 Å². The number of thiazole rings is 1. The second kappa shape index (κ2) is 7.10. The molecule has 3 aromatic rings. The fraction of sp³-hybridized carbons (Fsp3) is 0.333. The van der Waals surface area contributed by atoms with Crippen LogP contribution < -0.4 is 4.74 Å². The molecule has 0 unspecified atom stereocenters. The third kappa shape index (κ3) is 3.70. The minimum absolute atomic E-state index is 0.248. The number of hydrogen-bond donors (Lipinski definition) is 0. The summed E-state index contributed by atoms with van der Waals surface area (Å²) < 4.78 is 7.00. The van der Waals surface area contributed by atoms with Crippen LogP contribution in [-0.2, 0) is 5.75 Å². The van der Waals surface area contributed by atoms with E-state index in [1.807, 2.05) is 28.9 Å². The van der Waals surface area contributed by atoms with Gasteiger partial charge in [0.2, 0.25) is 5.16 Å². The molecule has 0 aliphatic rings. The molecule has 0 amide bonds. The van der Waals surface area contributed by atoms with Crippen LogP contribution in [0, 0.1) is 0 Å². The smallest absolute Gasteiger partial charge is 0.209 e. The number of aromatic nitrogens is 5. The Kier molecular flexibility index (Phi) is 4.92. The summed E-state index contributed by atoms with van der Waals surface area (Å²) in [6.07, 6.45) is 0. The molecule has 6 nitrogen and oxygen atoms in total. The lowest BCUT2D eigenvalue weighted by atomic mass is 10.2. The fourth-order valence-corrected chi connectivity index (χ4v) is 3.81. The van der Waals surface area contributed by atoms with Crippen LogP contribution in [0.2, 0.25) is 0 Å². The highest BCUT2D eigenvalue weighted by Crippen LogP contribution is 2.28. The van der Waals surface area contributed by atoms with E-state index in [-0.39, 0.29) is 6.04 Å². The number of hydrogen-bond acceptors (Lipinski definition) is 7. The quantitative estimate of drug-likeness (QED) is 0.634. The third-order valence-corrected chi connectivity index (χ3v) is 5.10. The summed E-state index contributed by atoms with van der Waals surface area (Å²) in [5.74, 6) is 1.60. The second-order valence-electron chi connectivity index (χ2n) is 5.16. The van der Waals surface area contributed by atoms with Gasteiger partial charge in [0.05, 0.1) is 18.8 Å². The first-order valence-electron chi connectivity index (χ1n) is 7.17. The predicted molar refractivity (Wildman–Crippen MR) is 91.9 cm³/mol. The molecule has 8 heteroatoms. The molecule has 0 fully saturated rings. The Morgan fingerprint density at radius 2 is 2.04 bits per heavy atom. The van der Waals surface area contributed by atoms with E-state index in [1.165, 1.54) is 0 Å². The number of ether oxygens (including phenoxy) is 1. The number of thioether (sulfide) groups is 1. The second-order valence-corrected chi connectivity index (χ2v) is 6.96. The van der Waals surface area contributed by atoms with Gasteiger partial charge in [-0.05, 0) is 48.5 Å². The Balaban J connectivity index is 1.68. The molecule has 0 aliphatic heterocycles. The number of tetrazole rings is 1. The van der Waals surface area contributed by atoms with Crippen molar-refractivity contribution in [3.8, 4) is 16.3 Å². The number of benzene rings is 1. The zero-order valence-electron chi connectivity index (χ0n) is 13.1. The zero-order valence-corrected chi connectivity index (χ0v) is 14.8. The molecule has 0 spiro atoms. The fourth-order valence-electron chi connectivity index (χ4n) is 1.98. The topological polar surface area (TPSA) is 65.7 Å². The van der Waals surface area contributed by atoms with E-state index in [0.717, 1.165) is 32.9 Å². The first-order valence-corrected chi connectivity index (χ1v) is 9.03. The highest BCUT2D eigenvalue weighted by Gasteiger charge is 2.11. The molecule has 3 rings (SSSR count). The average molecular weight is 347 g/mol. The van der Waals surface area contributed by atoms with Crippen LogP contribution >= 0.6 is 23.1 Å². The van der Waals surface area contributed by atoms with Crippen molar-refractivity contribution in [2.45, 2.75) is 30.8 Å². The largest absolute Gasteiger partial charge is 0.497 e. The van der Waals surface area contributed by atoms with E-state index < -0.39 is 0 Å². The minimum atomic E-state index is 0.248. The molecule has 0 N–H and O–H groups in total. The lowest BCUT2D eigenvalue weighted by Crippen LogP contribution is -2.04. The van der Waals surface area contributed by atoms with Gasteiger partial charge in [0.1, 0.15) is 10.8 Å². The molecule has 1 aromatic carbocycles. The highest BCUT2D eigenvalue weighted by molar-refractivity contribution is 7.98. The van der Waals surface area contributed by atoms with Gasteiger partial charge in [0.15, 0.2) is 0 Å². The van der Waals surface area contributed by atoms with E-state index >= 15 is 0 Å². The lowest BCUT2D eigenvalue weighted by Gasteiger charge is -2.05. The van der Waals surface area contributed by atoms with Crippen LogP contribution in [0.4, 0.5) is 0 Å². The molecule has 23 heavy (non-hydrogen) atoms. The van der Waals surface area contributed by atoms with E-state index in [1.54, 1.807) is 30.2 Å². The summed E-state index contributed by atoms with van der Waals surface area (Å²) in [7, 11) is 1.67. The van der Waals surface area contributed by atoms with Gasteiger partial charge >= 0.3 is 0 Å². The molecular weight excluding hydrogens is 330 g/mol. The molecule has 2 heterocycles. The van der Waals surface area contributed by atoms with Crippen LogP contribution in [-0.4, -0.2) is 32.3 Å². The molecule has 0 radical (unpaired) electrons. The van der Waals surface area contributed by atoms with Gasteiger partial charge in [0, 0.05) is 16.7 Å². The van der Waals surface area contributed by atoms with Crippen molar-refractivity contribution < 1.29 is 4.74 Å². The van der Waals surface area contributed by atoms with Gasteiger partial charge in [-0.15, -0.1) is 16.4 Å². The predicted octanol–water partition coefficient (Wildman–Crippen LogP) is 3.68. The van der Waals surface area contributed by atoms with Crippen LogP contribution in [0.25, 0.3) is 10.6 Å². The highest BCUT2D eigenvalue weighted by atomic mass is 32.2. The third-order valence-electron chi connectivity index (χ3n) is 3.19. The summed E-state index contributed by atoms with van der Waals surface area (Å²) in [5.41, 5.74) is 2.13. The van der Waals surface area contributed by atoms with Crippen molar-refractivity contribution in [3.63, 3.8) is 0 Å². The average Bonchev–Trinajstić information content (AvgIpc) is 3.22. The van der Waals surface area contributed by atoms with Crippen molar-refractivity contribution in [1.29, 1.82) is 0 Å². The van der Waals surface area contributed by atoms with E-state index in [4.69, 9.17) is 4.74 Å². The van der Waals surface area contributed by atoms with Crippen LogP contribution in [0.3, 0.4) is 0 Å². The van der Waals surface area contributed by atoms with Gasteiger partial charge < -0.3 is 4.74 Å². The summed E-state index contributed by atoms with van der Waals surface area (Å²) in [6.45, 7) is 4.12. The summed E-state index contributed by atoms with van der Waals surface area (Å²) in [5, 5.41) is 15.7. The van der Waals surface area contributed by atoms with Crippen LogP contribution in [0.15, 0.2) is 34.8 Å². The lowest BCUT2D eigenvalue weighted by molar-refractivity contribution is 0.415. The molecule has 0 saturated carbocycles. The summed E-state index contributed by atoms with van der Waals surface area (Å²) in [4.78, 5) is 4.69. The van der Waals surface area contributed by atoms with E-state index in [0.29, 0.717) is 0 Å². The summed E-state index contributed by atoms with van der Waals surface area (Å²) in [6, 6.07) is 8.18. The van der Waals surface area contributed by atoms with Gasteiger partial charge in [-0.3, -0.25) is 0 Å². The maximum Gasteiger partial charge on any atom is 0.209 e. The van der Waals surface area contributed by atoms with Crippen molar-refractivity contribution in [3.05, 3.63) is 35.3 Å². The Bertz CT molecular complexity index is 766. The maximum absolute atomic E-state index is 5.18. The standard InChI is InChI=1S/C15H17N5OS2/c1-10(2)20-15(17-18-19-20)23-9-12-8-22-14(16-12)11-4-6-13(21-3)7-5-11/h4-8,10H,9H2,1-3H3. The molecule has 0 aliphatic carbocycles. The van der Waals surface area contributed by atoms with Crippen LogP contribution in [0.5, 0.6) is 5.75 Å². The molecule has 2 aromatic heterocycles. The number of methoxy groups -OCH3 is 1. The van der Waals surface area contributed by atoms with Crippen molar-refractivity contribution in [2.24, 2.45) is 0 Å². The van der Waals surface area contributed by atoms with Gasteiger partial charge in [-0.25, -0.2) is 9.67 Å². The molecular formula is C15H17N5OS2. The number of rotatable bonds is 6. The van der Waals surface area contributed by atoms with E-state index in [9.17, 15) is 0 Å². The molecule has 120 valence electrons. The van der Waals surface area contributed by atoms with Crippen molar-refractivity contribution in [2.75, 3.05) is 7.11 Å². The van der Waals surface area contributed by atoms with Crippen molar-refractivity contribution >= 4 is 23.1 Å². The zero-order chi connectivity index (χ0) is 16.2. The first-order chi connectivity index (χ1) is 11.2. The monoisotopic (exact) mass is 347 g/mol. The first kappa shape index (κ1) is 15.9. The van der Waals surface area contributed by atoms with Crippen molar-refractivity contribution in [1.82, 2.24) is 25.2 Å². The number of nitrogens with zero attached hydrogens (tertiary/aromatic N) is 5. The Labute approximate surface area is 142 Å². The Hall–Kier alpha value is -1.93. The van der Waals surface area contributed by atoms with Gasteiger partial charge in [-0.2, -0.15) is 0 Å². The van der Waals surface area contributed by atoms with Crippen LogP contribution in [0.1, 0.15) is 25.6 Å². The Morgan fingerprint density at radius 1 is 1.26 bits per heavy atom. The minimum Gasteiger partial charge on any atom is -0.497 e. The summed E-state index contributed by atoms with van der Waals surface area (Å²) >= 11 is 3.24. The molecule has 0 atom stereocenters. The van der Waals surface area contributed by atoms with Gasteiger partial charge in [0.25, 0.3) is 0 Å². The normalized spacial score (nSPS) is 11.1.